The molecule has 0 amide bonds. The first-order chi connectivity index (χ1) is 10.2. The fourth-order valence-corrected chi connectivity index (χ4v) is 2.88. The molecule has 0 spiro atoms. The summed E-state index contributed by atoms with van der Waals surface area (Å²) in [7, 11) is 0. The van der Waals surface area contributed by atoms with Gasteiger partial charge in [-0.3, -0.25) is 9.88 Å². The summed E-state index contributed by atoms with van der Waals surface area (Å²) in [6.07, 6.45) is 4.53. The van der Waals surface area contributed by atoms with E-state index in [2.05, 4.69) is 41.2 Å². The smallest absolute Gasteiger partial charge is 0.0897 e. The number of hydrogen-bond acceptors (Lipinski definition) is 4. The van der Waals surface area contributed by atoms with Crippen molar-refractivity contribution in [3.05, 3.63) is 29.6 Å². The fourth-order valence-electron chi connectivity index (χ4n) is 2.88. The number of morpholine rings is 1. The number of rotatable bonds is 7. The second-order valence-corrected chi connectivity index (χ2v) is 5.87. The van der Waals surface area contributed by atoms with Crippen LogP contribution in [0.4, 0.5) is 0 Å². The van der Waals surface area contributed by atoms with Crippen LogP contribution in [0, 0.1) is 6.92 Å². The van der Waals surface area contributed by atoms with E-state index in [0.29, 0.717) is 0 Å². The Labute approximate surface area is 128 Å². The zero-order chi connectivity index (χ0) is 15.1. The van der Waals surface area contributed by atoms with Crippen LogP contribution in [0.1, 0.15) is 44.0 Å². The topological polar surface area (TPSA) is 37.4 Å². The van der Waals surface area contributed by atoms with E-state index in [9.17, 15) is 0 Å². The van der Waals surface area contributed by atoms with Crippen LogP contribution in [0.25, 0.3) is 0 Å². The lowest BCUT2D eigenvalue weighted by molar-refractivity contribution is -0.0470. The molecule has 0 saturated carbocycles. The largest absolute Gasteiger partial charge is 0.374 e. The summed E-state index contributed by atoms with van der Waals surface area (Å²) in [5, 5.41) is 3.65. The molecule has 1 aliphatic rings. The van der Waals surface area contributed by atoms with Crippen molar-refractivity contribution in [3.8, 4) is 0 Å². The molecule has 4 heteroatoms. The van der Waals surface area contributed by atoms with Crippen molar-refractivity contribution in [1.82, 2.24) is 15.2 Å². The number of ether oxygens (including phenoxy) is 1. The second-order valence-electron chi connectivity index (χ2n) is 5.87. The summed E-state index contributed by atoms with van der Waals surface area (Å²) in [4.78, 5) is 6.96. The summed E-state index contributed by atoms with van der Waals surface area (Å²) in [6, 6.07) is 4.50. The molecule has 2 atom stereocenters. The van der Waals surface area contributed by atoms with Crippen LogP contribution in [-0.4, -0.2) is 48.8 Å². The molecule has 0 aromatic carbocycles. The monoisotopic (exact) mass is 291 g/mol. The summed E-state index contributed by atoms with van der Waals surface area (Å²) in [5.74, 6) is 0. The van der Waals surface area contributed by atoms with E-state index in [-0.39, 0.29) is 12.1 Å². The van der Waals surface area contributed by atoms with Gasteiger partial charge in [-0.25, -0.2) is 0 Å². The highest BCUT2D eigenvalue weighted by molar-refractivity contribution is 5.19. The highest BCUT2D eigenvalue weighted by atomic mass is 16.5. The van der Waals surface area contributed by atoms with Crippen molar-refractivity contribution in [2.75, 3.05) is 32.8 Å². The zero-order valence-corrected chi connectivity index (χ0v) is 13.6. The minimum absolute atomic E-state index is 0.210. The van der Waals surface area contributed by atoms with E-state index in [1.54, 1.807) is 0 Å². The number of aromatic nitrogens is 1. The molecule has 2 heterocycles. The average Bonchev–Trinajstić information content (AvgIpc) is 2.50. The molecule has 0 radical (unpaired) electrons. The first-order valence-corrected chi connectivity index (χ1v) is 8.24. The standard InChI is InChI=1S/C17H29N3O/c1-4-8-18-17(15-7-6-14(3)19-12-15)16-13-20(9-5-2)10-11-21-16/h6-7,12,16-18H,4-5,8-11,13H2,1-3H3. The molecule has 1 aromatic heterocycles. The number of hydrogen-bond donors (Lipinski definition) is 1. The maximum Gasteiger partial charge on any atom is 0.0897 e. The lowest BCUT2D eigenvalue weighted by Gasteiger charge is -2.37. The third-order valence-electron chi connectivity index (χ3n) is 4.00. The second kappa shape index (κ2) is 8.47. The van der Waals surface area contributed by atoms with E-state index in [1.165, 1.54) is 12.0 Å². The van der Waals surface area contributed by atoms with Crippen LogP contribution in [0.5, 0.6) is 0 Å². The normalized spacial score (nSPS) is 21.4. The molecule has 1 fully saturated rings. The van der Waals surface area contributed by atoms with Crippen molar-refractivity contribution >= 4 is 0 Å². The Morgan fingerprint density at radius 2 is 2.24 bits per heavy atom. The number of pyridine rings is 1. The van der Waals surface area contributed by atoms with E-state index in [4.69, 9.17) is 4.74 Å². The van der Waals surface area contributed by atoms with Crippen LogP contribution >= 0.6 is 0 Å². The highest BCUT2D eigenvalue weighted by Crippen LogP contribution is 2.22. The molecule has 21 heavy (non-hydrogen) atoms. The molecule has 0 bridgehead atoms. The Morgan fingerprint density at radius 1 is 1.38 bits per heavy atom. The maximum atomic E-state index is 6.07. The van der Waals surface area contributed by atoms with Crippen molar-refractivity contribution in [2.45, 2.75) is 45.8 Å². The summed E-state index contributed by atoms with van der Waals surface area (Å²) in [6.45, 7) is 11.5. The Morgan fingerprint density at radius 3 is 2.90 bits per heavy atom. The zero-order valence-electron chi connectivity index (χ0n) is 13.6. The predicted octanol–water partition coefficient (Wildman–Crippen LogP) is 2.54. The van der Waals surface area contributed by atoms with Crippen molar-refractivity contribution in [3.63, 3.8) is 0 Å². The van der Waals surface area contributed by atoms with Crippen LogP contribution in [0.2, 0.25) is 0 Å². The SMILES string of the molecule is CCCNC(c1ccc(C)nc1)C1CN(CCC)CCO1. The Bertz CT molecular complexity index is 405. The molecule has 1 saturated heterocycles. The third kappa shape index (κ3) is 4.77. The molecular weight excluding hydrogens is 262 g/mol. The van der Waals surface area contributed by atoms with Crippen LogP contribution in [0.3, 0.4) is 0 Å². The van der Waals surface area contributed by atoms with E-state index < -0.39 is 0 Å². The molecule has 1 aliphatic heterocycles. The molecular formula is C17H29N3O. The van der Waals surface area contributed by atoms with Gasteiger partial charge >= 0.3 is 0 Å². The summed E-state index contributed by atoms with van der Waals surface area (Å²) < 4.78 is 6.07. The third-order valence-corrected chi connectivity index (χ3v) is 4.00. The minimum Gasteiger partial charge on any atom is -0.374 e. The summed E-state index contributed by atoms with van der Waals surface area (Å²) in [5.41, 5.74) is 2.29. The van der Waals surface area contributed by atoms with Gasteiger partial charge in [0, 0.05) is 25.0 Å². The first-order valence-electron chi connectivity index (χ1n) is 8.24. The van der Waals surface area contributed by atoms with E-state index >= 15 is 0 Å². The number of nitrogens with one attached hydrogen (secondary N) is 1. The molecule has 118 valence electrons. The highest BCUT2D eigenvalue weighted by Gasteiger charge is 2.28. The summed E-state index contributed by atoms with van der Waals surface area (Å²) >= 11 is 0. The van der Waals surface area contributed by atoms with Crippen molar-refractivity contribution in [2.24, 2.45) is 0 Å². The molecule has 2 rings (SSSR count). The van der Waals surface area contributed by atoms with Gasteiger partial charge in [-0.1, -0.05) is 19.9 Å². The van der Waals surface area contributed by atoms with Crippen LogP contribution in [-0.2, 0) is 4.74 Å². The van der Waals surface area contributed by atoms with Gasteiger partial charge in [-0.15, -0.1) is 0 Å². The van der Waals surface area contributed by atoms with Gasteiger partial charge in [0.2, 0.25) is 0 Å². The number of nitrogens with zero attached hydrogens (tertiary/aromatic N) is 2. The van der Waals surface area contributed by atoms with Gasteiger partial charge in [-0.2, -0.15) is 0 Å². The predicted molar refractivity (Wildman–Crippen MR) is 86.5 cm³/mol. The Kier molecular flexibility index (Phi) is 6.61. The number of aryl methyl sites for hydroxylation is 1. The van der Waals surface area contributed by atoms with Crippen molar-refractivity contribution in [1.29, 1.82) is 0 Å². The van der Waals surface area contributed by atoms with E-state index in [1.807, 2.05) is 13.1 Å². The molecule has 4 nitrogen and oxygen atoms in total. The van der Waals surface area contributed by atoms with E-state index in [0.717, 1.165) is 44.9 Å². The molecule has 1 aromatic rings. The Hall–Kier alpha value is -0.970. The Balaban J connectivity index is 2.09. The lowest BCUT2D eigenvalue weighted by atomic mass is 10.0. The van der Waals surface area contributed by atoms with Gasteiger partial charge in [0.25, 0.3) is 0 Å². The maximum absolute atomic E-state index is 6.07. The van der Waals surface area contributed by atoms with Gasteiger partial charge in [0.1, 0.15) is 0 Å². The lowest BCUT2D eigenvalue weighted by Crippen LogP contribution is -2.48. The molecule has 1 N–H and O–H groups in total. The van der Waals surface area contributed by atoms with Crippen LogP contribution < -0.4 is 5.32 Å². The minimum atomic E-state index is 0.210. The van der Waals surface area contributed by atoms with Gasteiger partial charge in [0.05, 0.1) is 18.8 Å². The van der Waals surface area contributed by atoms with Crippen molar-refractivity contribution < 1.29 is 4.74 Å². The molecule has 0 aliphatic carbocycles. The van der Waals surface area contributed by atoms with Gasteiger partial charge in [0.15, 0.2) is 0 Å². The quantitative estimate of drug-likeness (QED) is 0.838. The van der Waals surface area contributed by atoms with Gasteiger partial charge in [-0.05, 0) is 44.5 Å². The average molecular weight is 291 g/mol. The van der Waals surface area contributed by atoms with Crippen LogP contribution in [0.15, 0.2) is 18.3 Å². The fraction of sp³-hybridized carbons (Fsp3) is 0.706. The van der Waals surface area contributed by atoms with Gasteiger partial charge < -0.3 is 10.1 Å². The molecule has 2 unspecified atom stereocenters. The first kappa shape index (κ1) is 16.4.